The summed E-state index contributed by atoms with van der Waals surface area (Å²) in [5, 5.41) is 8.17. The molecule has 0 bridgehead atoms. The van der Waals surface area contributed by atoms with Crippen LogP contribution in [-0.2, 0) is 9.59 Å². The van der Waals surface area contributed by atoms with E-state index in [1.54, 1.807) is 18.2 Å². The van der Waals surface area contributed by atoms with Gasteiger partial charge in [0.15, 0.2) is 0 Å². The molecule has 6 nitrogen and oxygen atoms in total. The van der Waals surface area contributed by atoms with Crippen LogP contribution in [-0.4, -0.2) is 17.7 Å². The van der Waals surface area contributed by atoms with Crippen molar-refractivity contribution in [1.29, 1.82) is 0 Å². The molecule has 2 aromatic rings. The van der Waals surface area contributed by atoms with E-state index in [1.807, 2.05) is 37.3 Å². The smallest absolute Gasteiger partial charge is 0.251 e. The van der Waals surface area contributed by atoms with E-state index in [0.717, 1.165) is 5.56 Å². The van der Waals surface area contributed by atoms with E-state index < -0.39 is 0 Å². The lowest BCUT2D eigenvalue weighted by atomic mass is 10.1. The van der Waals surface area contributed by atoms with E-state index >= 15 is 0 Å². The Morgan fingerprint density at radius 2 is 1.36 bits per heavy atom. The molecule has 3 amide bonds. The standard InChI is InChI=1S/C19H21N3O3/c1-12(15-7-5-4-6-8-15)20-19(25)16-9-17(21-13(2)23)11-18(10-16)22-14(3)24/h4-12H,1-3H3,(H,20,25)(H,21,23)(H,22,24)/t12-/m1/s1. The van der Waals surface area contributed by atoms with Crippen LogP contribution in [0.3, 0.4) is 0 Å². The number of anilines is 2. The molecule has 0 unspecified atom stereocenters. The van der Waals surface area contributed by atoms with Gasteiger partial charge in [-0.25, -0.2) is 0 Å². The molecule has 2 aromatic carbocycles. The number of carbonyl (C=O) groups excluding carboxylic acids is 3. The molecular weight excluding hydrogens is 318 g/mol. The third-order valence-corrected chi connectivity index (χ3v) is 3.48. The Bertz CT molecular complexity index is 754. The van der Waals surface area contributed by atoms with Crippen LogP contribution in [0.5, 0.6) is 0 Å². The summed E-state index contributed by atoms with van der Waals surface area (Å²) < 4.78 is 0. The van der Waals surface area contributed by atoms with Crippen LogP contribution >= 0.6 is 0 Å². The lowest BCUT2D eigenvalue weighted by Crippen LogP contribution is -2.27. The second-order valence-electron chi connectivity index (χ2n) is 5.77. The van der Waals surface area contributed by atoms with Gasteiger partial charge in [-0.2, -0.15) is 0 Å². The molecule has 1 atom stereocenters. The van der Waals surface area contributed by atoms with Gasteiger partial charge >= 0.3 is 0 Å². The summed E-state index contributed by atoms with van der Waals surface area (Å²) in [6.45, 7) is 4.64. The van der Waals surface area contributed by atoms with Crippen molar-refractivity contribution in [3.63, 3.8) is 0 Å². The second kappa shape index (κ2) is 8.10. The highest BCUT2D eigenvalue weighted by Crippen LogP contribution is 2.20. The van der Waals surface area contributed by atoms with Gasteiger partial charge in [0.2, 0.25) is 11.8 Å². The van der Waals surface area contributed by atoms with Crippen LogP contribution in [0.25, 0.3) is 0 Å². The first-order valence-corrected chi connectivity index (χ1v) is 7.91. The van der Waals surface area contributed by atoms with Crippen molar-refractivity contribution in [3.05, 3.63) is 59.7 Å². The molecule has 0 aliphatic heterocycles. The quantitative estimate of drug-likeness (QED) is 0.782. The van der Waals surface area contributed by atoms with Crippen molar-refractivity contribution in [2.75, 3.05) is 10.6 Å². The van der Waals surface area contributed by atoms with E-state index in [0.29, 0.717) is 16.9 Å². The fourth-order valence-electron chi connectivity index (χ4n) is 2.41. The molecular formula is C19H21N3O3. The summed E-state index contributed by atoms with van der Waals surface area (Å²) >= 11 is 0. The van der Waals surface area contributed by atoms with E-state index in [1.165, 1.54) is 13.8 Å². The molecule has 0 heterocycles. The van der Waals surface area contributed by atoms with Crippen LogP contribution in [0.2, 0.25) is 0 Å². The Hall–Kier alpha value is -3.15. The average molecular weight is 339 g/mol. The second-order valence-corrected chi connectivity index (χ2v) is 5.77. The third-order valence-electron chi connectivity index (χ3n) is 3.48. The number of benzene rings is 2. The van der Waals surface area contributed by atoms with Crippen LogP contribution in [0.1, 0.15) is 42.7 Å². The zero-order chi connectivity index (χ0) is 18.4. The van der Waals surface area contributed by atoms with Gasteiger partial charge in [0, 0.05) is 30.8 Å². The largest absolute Gasteiger partial charge is 0.346 e. The normalized spacial score (nSPS) is 11.3. The van der Waals surface area contributed by atoms with E-state index in [4.69, 9.17) is 0 Å². The van der Waals surface area contributed by atoms with Crippen molar-refractivity contribution in [3.8, 4) is 0 Å². The molecule has 0 aliphatic rings. The minimum Gasteiger partial charge on any atom is -0.346 e. The van der Waals surface area contributed by atoms with Crippen molar-refractivity contribution in [2.24, 2.45) is 0 Å². The van der Waals surface area contributed by atoms with Gasteiger partial charge in [0.05, 0.1) is 6.04 Å². The van der Waals surface area contributed by atoms with Crippen LogP contribution in [0, 0.1) is 0 Å². The maximum atomic E-state index is 12.6. The monoisotopic (exact) mass is 339 g/mol. The number of nitrogens with one attached hydrogen (secondary N) is 3. The van der Waals surface area contributed by atoms with Gasteiger partial charge in [-0.3, -0.25) is 14.4 Å². The van der Waals surface area contributed by atoms with Crippen molar-refractivity contribution in [2.45, 2.75) is 26.8 Å². The molecule has 0 radical (unpaired) electrons. The lowest BCUT2D eigenvalue weighted by Gasteiger charge is -2.16. The van der Waals surface area contributed by atoms with Crippen LogP contribution < -0.4 is 16.0 Å². The lowest BCUT2D eigenvalue weighted by molar-refractivity contribution is -0.115. The average Bonchev–Trinajstić information content (AvgIpc) is 2.54. The maximum Gasteiger partial charge on any atom is 0.251 e. The molecule has 2 rings (SSSR count). The first kappa shape index (κ1) is 18.2. The highest BCUT2D eigenvalue weighted by Gasteiger charge is 2.14. The molecule has 0 aliphatic carbocycles. The van der Waals surface area contributed by atoms with Gasteiger partial charge in [-0.15, -0.1) is 0 Å². The SMILES string of the molecule is CC(=O)Nc1cc(NC(C)=O)cc(C(=O)N[C@H](C)c2ccccc2)c1. The Kier molecular flexibility index (Phi) is 5.89. The first-order valence-electron chi connectivity index (χ1n) is 7.91. The Labute approximate surface area is 146 Å². The summed E-state index contributed by atoms with van der Waals surface area (Å²) in [7, 11) is 0. The predicted molar refractivity (Wildman–Crippen MR) is 97.4 cm³/mol. The highest BCUT2D eigenvalue weighted by atomic mass is 16.2. The highest BCUT2D eigenvalue weighted by molar-refractivity contribution is 6.00. The topological polar surface area (TPSA) is 87.3 Å². The number of hydrogen-bond donors (Lipinski definition) is 3. The van der Waals surface area contributed by atoms with E-state index in [2.05, 4.69) is 16.0 Å². The third kappa shape index (κ3) is 5.46. The molecule has 3 N–H and O–H groups in total. The molecule has 6 heteroatoms. The molecule has 25 heavy (non-hydrogen) atoms. The van der Waals surface area contributed by atoms with Gasteiger partial charge in [-0.1, -0.05) is 30.3 Å². The fraction of sp³-hybridized carbons (Fsp3) is 0.211. The Morgan fingerprint density at radius 1 is 0.840 bits per heavy atom. The molecule has 0 fully saturated rings. The van der Waals surface area contributed by atoms with Gasteiger partial charge in [0.1, 0.15) is 0 Å². The summed E-state index contributed by atoms with van der Waals surface area (Å²) in [4.78, 5) is 35.2. The zero-order valence-corrected chi connectivity index (χ0v) is 14.4. The summed E-state index contributed by atoms with van der Waals surface area (Å²) in [6.07, 6.45) is 0. The summed E-state index contributed by atoms with van der Waals surface area (Å²) in [5.41, 5.74) is 2.21. The minimum absolute atomic E-state index is 0.178. The van der Waals surface area contributed by atoms with E-state index in [9.17, 15) is 14.4 Å². The number of amides is 3. The van der Waals surface area contributed by atoms with E-state index in [-0.39, 0.29) is 23.8 Å². The van der Waals surface area contributed by atoms with Gasteiger partial charge in [0.25, 0.3) is 5.91 Å². The Morgan fingerprint density at radius 3 is 1.84 bits per heavy atom. The molecule has 0 saturated carbocycles. The predicted octanol–water partition coefficient (Wildman–Crippen LogP) is 3.09. The van der Waals surface area contributed by atoms with Crippen molar-refractivity contribution in [1.82, 2.24) is 5.32 Å². The molecule has 0 spiro atoms. The molecule has 130 valence electrons. The summed E-state index contributed by atoms with van der Waals surface area (Å²) in [5.74, 6) is -0.817. The fourth-order valence-corrected chi connectivity index (χ4v) is 2.41. The minimum atomic E-state index is -0.296. The van der Waals surface area contributed by atoms with Crippen molar-refractivity contribution >= 4 is 29.1 Å². The first-order chi connectivity index (χ1) is 11.8. The van der Waals surface area contributed by atoms with Gasteiger partial charge in [-0.05, 0) is 30.7 Å². The van der Waals surface area contributed by atoms with Crippen LogP contribution in [0.15, 0.2) is 48.5 Å². The summed E-state index contributed by atoms with van der Waals surface area (Å²) in [6, 6.07) is 14.1. The van der Waals surface area contributed by atoms with Crippen molar-refractivity contribution < 1.29 is 14.4 Å². The number of rotatable bonds is 5. The number of carbonyl (C=O) groups is 3. The zero-order valence-electron chi connectivity index (χ0n) is 14.4. The van der Waals surface area contributed by atoms with Crippen LogP contribution in [0.4, 0.5) is 11.4 Å². The Balaban J connectivity index is 2.24. The number of hydrogen-bond acceptors (Lipinski definition) is 3. The maximum absolute atomic E-state index is 12.6. The van der Waals surface area contributed by atoms with Gasteiger partial charge < -0.3 is 16.0 Å². The molecule has 0 aromatic heterocycles. The molecule has 0 saturated heterocycles.